The molecule has 6 heteroatoms. The molecule has 0 aliphatic heterocycles. The highest BCUT2D eigenvalue weighted by atomic mass is 35.5. The lowest BCUT2D eigenvalue weighted by atomic mass is 10.3. The standard InChI is InChI=1S/C12H12ClN3O2/c13-9-7-15-12(17)16(8-9)4-5-18-11-3-1-2-10(14)6-11/h1-3,6-8H,4-5,14H2. The van der Waals surface area contributed by atoms with Crippen molar-refractivity contribution in [3.63, 3.8) is 0 Å². The molecule has 0 fully saturated rings. The third kappa shape index (κ3) is 3.24. The first kappa shape index (κ1) is 12.4. The second-order valence-corrected chi connectivity index (χ2v) is 4.11. The average Bonchev–Trinajstić information content (AvgIpc) is 2.34. The van der Waals surface area contributed by atoms with Crippen molar-refractivity contribution in [1.29, 1.82) is 0 Å². The van der Waals surface area contributed by atoms with E-state index in [1.165, 1.54) is 17.0 Å². The van der Waals surface area contributed by atoms with Gasteiger partial charge < -0.3 is 10.5 Å². The minimum atomic E-state index is -0.351. The van der Waals surface area contributed by atoms with Crippen molar-refractivity contribution in [1.82, 2.24) is 9.55 Å². The van der Waals surface area contributed by atoms with E-state index >= 15 is 0 Å². The van der Waals surface area contributed by atoms with E-state index < -0.39 is 0 Å². The molecule has 0 aliphatic carbocycles. The van der Waals surface area contributed by atoms with Crippen LogP contribution in [-0.4, -0.2) is 16.2 Å². The molecule has 2 N–H and O–H groups in total. The average molecular weight is 266 g/mol. The van der Waals surface area contributed by atoms with Crippen molar-refractivity contribution in [3.8, 4) is 5.75 Å². The number of halogens is 1. The molecule has 1 heterocycles. The predicted molar refractivity (Wildman–Crippen MR) is 69.9 cm³/mol. The van der Waals surface area contributed by atoms with Crippen LogP contribution in [0.2, 0.25) is 5.02 Å². The van der Waals surface area contributed by atoms with Crippen LogP contribution in [-0.2, 0) is 6.54 Å². The van der Waals surface area contributed by atoms with Gasteiger partial charge in [0.2, 0.25) is 0 Å². The number of nitrogen functional groups attached to an aromatic ring is 1. The molecule has 0 spiro atoms. The van der Waals surface area contributed by atoms with Gasteiger partial charge in [0.1, 0.15) is 12.4 Å². The summed E-state index contributed by atoms with van der Waals surface area (Å²) in [6.07, 6.45) is 2.85. The summed E-state index contributed by atoms with van der Waals surface area (Å²) in [7, 11) is 0. The van der Waals surface area contributed by atoms with Gasteiger partial charge in [0.15, 0.2) is 0 Å². The summed E-state index contributed by atoms with van der Waals surface area (Å²) >= 11 is 5.75. The largest absolute Gasteiger partial charge is 0.492 e. The van der Waals surface area contributed by atoms with Crippen LogP contribution in [0, 0.1) is 0 Å². The van der Waals surface area contributed by atoms with Gasteiger partial charge in [-0.2, -0.15) is 0 Å². The van der Waals surface area contributed by atoms with Crippen molar-refractivity contribution in [2.24, 2.45) is 0 Å². The van der Waals surface area contributed by atoms with Crippen LogP contribution in [0.5, 0.6) is 5.75 Å². The highest BCUT2D eigenvalue weighted by Gasteiger charge is 1.99. The van der Waals surface area contributed by atoms with Gasteiger partial charge in [0, 0.05) is 18.0 Å². The molecule has 18 heavy (non-hydrogen) atoms. The first-order chi connectivity index (χ1) is 8.65. The van der Waals surface area contributed by atoms with Crippen LogP contribution in [0.15, 0.2) is 41.5 Å². The van der Waals surface area contributed by atoms with Gasteiger partial charge in [-0.3, -0.25) is 4.57 Å². The van der Waals surface area contributed by atoms with Gasteiger partial charge in [-0.15, -0.1) is 0 Å². The lowest BCUT2D eigenvalue weighted by Crippen LogP contribution is -2.24. The fourth-order valence-electron chi connectivity index (χ4n) is 1.45. The van der Waals surface area contributed by atoms with Crippen LogP contribution in [0.1, 0.15) is 0 Å². The number of aromatic nitrogens is 2. The Bertz CT molecular complexity index is 598. The summed E-state index contributed by atoms with van der Waals surface area (Å²) in [5, 5.41) is 0.415. The smallest absolute Gasteiger partial charge is 0.347 e. The highest BCUT2D eigenvalue weighted by molar-refractivity contribution is 6.30. The van der Waals surface area contributed by atoms with Gasteiger partial charge in [0.25, 0.3) is 0 Å². The molecule has 0 aliphatic rings. The van der Waals surface area contributed by atoms with Gasteiger partial charge >= 0.3 is 5.69 Å². The molecule has 0 amide bonds. The van der Waals surface area contributed by atoms with Gasteiger partial charge in [-0.25, -0.2) is 9.78 Å². The zero-order chi connectivity index (χ0) is 13.0. The van der Waals surface area contributed by atoms with Crippen LogP contribution in [0.25, 0.3) is 0 Å². The molecule has 1 aromatic heterocycles. The normalized spacial score (nSPS) is 10.3. The van der Waals surface area contributed by atoms with Crippen molar-refractivity contribution >= 4 is 17.3 Å². The van der Waals surface area contributed by atoms with E-state index in [1.807, 2.05) is 0 Å². The number of ether oxygens (including phenoxy) is 1. The number of hydrogen-bond donors (Lipinski definition) is 1. The third-order valence-electron chi connectivity index (χ3n) is 2.28. The Morgan fingerprint density at radius 2 is 2.28 bits per heavy atom. The summed E-state index contributed by atoms with van der Waals surface area (Å²) in [6.45, 7) is 0.715. The zero-order valence-electron chi connectivity index (χ0n) is 9.54. The maximum Gasteiger partial charge on any atom is 0.347 e. The molecule has 1 aromatic carbocycles. The van der Waals surface area contributed by atoms with E-state index in [0.29, 0.717) is 29.6 Å². The highest BCUT2D eigenvalue weighted by Crippen LogP contribution is 2.14. The van der Waals surface area contributed by atoms with Crippen molar-refractivity contribution in [2.75, 3.05) is 12.3 Å². The van der Waals surface area contributed by atoms with Gasteiger partial charge in [-0.1, -0.05) is 17.7 Å². The molecule has 0 unspecified atom stereocenters. The Morgan fingerprint density at radius 3 is 3.06 bits per heavy atom. The Labute approximate surface area is 109 Å². The Hall–Kier alpha value is -2.01. The Kier molecular flexibility index (Phi) is 3.84. The van der Waals surface area contributed by atoms with Crippen LogP contribution >= 0.6 is 11.6 Å². The number of benzene rings is 1. The molecule has 5 nitrogen and oxygen atoms in total. The summed E-state index contributed by atoms with van der Waals surface area (Å²) < 4.78 is 6.87. The molecular weight excluding hydrogens is 254 g/mol. The molecule has 2 rings (SSSR count). The monoisotopic (exact) mass is 265 g/mol. The number of nitrogens with two attached hydrogens (primary N) is 1. The van der Waals surface area contributed by atoms with Crippen molar-refractivity contribution in [3.05, 3.63) is 52.2 Å². The molecule has 0 atom stereocenters. The molecule has 94 valence electrons. The van der Waals surface area contributed by atoms with E-state index in [-0.39, 0.29) is 5.69 Å². The lowest BCUT2D eigenvalue weighted by molar-refractivity contribution is 0.295. The predicted octanol–water partition coefficient (Wildman–Crippen LogP) is 1.56. The van der Waals surface area contributed by atoms with Crippen molar-refractivity contribution < 1.29 is 4.74 Å². The SMILES string of the molecule is Nc1cccc(OCCn2cc(Cl)cnc2=O)c1. The summed E-state index contributed by atoms with van der Waals surface area (Å²) in [5.74, 6) is 0.665. The number of rotatable bonds is 4. The lowest BCUT2D eigenvalue weighted by Gasteiger charge is -2.08. The number of anilines is 1. The maximum atomic E-state index is 11.4. The Morgan fingerprint density at radius 1 is 1.44 bits per heavy atom. The van der Waals surface area contributed by atoms with E-state index in [2.05, 4.69) is 4.98 Å². The second-order valence-electron chi connectivity index (χ2n) is 3.67. The molecule has 0 saturated carbocycles. The van der Waals surface area contributed by atoms with Crippen LogP contribution in [0.4, 0.5) is 5.69 Å². The third-order valence-corrected chi connectivity index (χ3v) is 2.48. The van der Waals surface area contributed by atoms with E-state index in [4.69, 9.17) is 22.1 Å². The molecule has 0 saturated heterocycles. The topological polar surface area (TPSA) is 70.1 Å². The van der Waals surface area contributed by atoms with E-state index in [1.54, 1.807) is 24.3 Å². The fourth-order valence-corrected chi connectivity index (χ4v) is 1.62. The fraction of sp³-hybridized carbons (Fsp3) is 0.167. The second kappa shape index (κ2) is 5.55. The quantitative estimate of drug-likeness (QED) is 0.852. The first-order valence-electron chi connectivity index (χ1n) is 5.35. The summed E-state index contributed by atoms with van der Waals surface area (Å²) in [5.41, 5.74) is 5.90. The maximum absolute atomic E-state index is 11.4. The zero-order valence-corrected chi connectivity index (χ0v) is 10.3. The number of hydrogen-bond acceptors (Lipinski definition) is 4. The molecule has 2 aromatic rings. The Balaban J connectivity index is 1.96. The first-order valence-corrected chi connectivity index (χ1v) is 5.73. The number of nitrogens with zero attached hydrogens (tertiary/aromatic N) is 2. The minimum Gasteiger partial charge on any atom is -0.492 e. The summed E-state index contributed by atoms with van der Waals surface area (Å²) in [4.78, 5) is 15.0. The molecule has 0 bridgehead atoms. The van der Waals surface area contributed by atoms with E-state index in [9.17, 15) is 4.79 Å². The molecular formula is C12H12ClN3O2. The van der Waals surface area contributed by atoms with Crippen LogP contribution < -0.4 is 16.2 Å². The minimum absolute atomic E-state index is 0.339. The molecule has 0 radical (unpaired) electrons. The van der Waals surface area contributed by atoms with Gasteiger partial charge in [-0.05, 0) is 12.1 Å². The van der Waals surface area contributed by atoms with Crippen LogP contribution in [0.3, 0.4) is 0 Å². The van der Waals surface area contributed by atoms with Crippen molar-refractivity contribution in [2.45, 2.75) is 6.54 Å². The van der Waals surface area contributed by atoms with E-state index in [0.717, 1.165) is 0 Å². The summed E-state index contributed by atoms with van der Waals surface area (Å²) in [6, 6.07) is 7.10. The van der Waals surface area contributed by atoms with Gasteiger partial charge in [0.05, 0.1) is 17.8 Å².